The molecule has 0 atom stereocenters. The zero-order chi connectivity index (χ0) is 9.97. The van der Waals surface area contributed by atoms with Crippen molar-refractivity contribution in [2.45, 2.75) is 13.0 Å². The number of hydrogen-bond donors (Lipinski definition) is 1. The van der Waals surface area contributed by atoms with E-state index in [1.807, 2.05) is 6.07 Å². The lowest BCUT2D eigenvalue weighted by atomic mass is 10.4. The first-order chi connectivity index (χ1) is 6.83. The summed E-state index contributed by atoms with van der Waals surface area (Å²) < 4.78 is 1.39. The van der Waals surface area contributed by atoms with Gasteiger partial charge in [-0.1, -0.05) is 0 Å². The number of H-pyrrole nitrogens is 1. The Hall–Kier alpha value is -2.16. The molecule has 70 valence electrons. The number of rotatable bonds is 2. The molecule has 2 aromatic rings. The highest BCUT2D eigenvalue weighted by Gasteiger charge is 2.04. The molecule has 2 rings (SSSR count). The number of aryl methyl sites for hydroxylation is 1. The molecule has 0 saturated heterocycles. The summed E-state index contributed by atoms with van der Waals surface area (Å²) in [4.78, 5) is 22.2. The van der Waals surface area contributed by atoms with Gasteiger partial charge >= 0.3 is 0 Å². The van der Waals surface area contributed by atoms with Crippen molar-refractivity contribution in [3.63, 3.8) is 0 Å². The Bertz CT molecular complexity index is 547. The monoisotopic (exact) mass is 189 g/mol. The van der Waals surface area contributed by atoms with Crippen LogP contribution in [0.25, 0.3) is 11.2 Å². The minimum absolute atomic E-state index is 0.192. The van der Waals surface area contributed by atoms with E-state index in [0.29, 0.717) is 24.1 Å². The summed E-state index contributed by atoms with van der Waals surface area (Å²) in [6, 6.07) is 1.97. The molecular weight excluding hydrogens is 182 g/mol. The Morgan fingerprint density at radius 1 is 1.57 bits per heavy atom. The van der Waals surface area contributed by atoms with Gasteiger partial charge in [0, 0.05) is 6.54 Å². The van der Waals surface area contributed by atoms with Crippen LogP contribution in [0.2, 0.25) is 0 Å². The van der Waals surface area contributed by atoms with Gasteiger partial charge in [0.05, 0.1) is 18.8 Å². The summed E-state index contributed by atoms with van der Waals surface area (Å²) in [7, 11) is 0. The molecule has 2 aromatic heterocycles. The first kappa shape index (κ1) is 8.44. The lowest BCUT2D eigenvalue weighted by Gasteiger charge is -1.99. The fourth-order valence-corrected chi connectivity index (χ4v) is 1.19. The average Bonchev–Trinajstić information content (AvgIpc) is 2.66. The number of aromatic nitrogens is 4. The highest BCUT2D eigenvalue weighted by atomic mass is 16.1. The molecule has 6 nitrogen and oxygen atoms in total. The summed E-state index contributed by atoms with van der Waals surface area (Å²) in [5.41, 5.74) is 0.594. The number of aromatic amines is 1. The van der Waals surface area contributed by atoms with Crippen LogP contribution >= 0.6 is 0 Å². The number of nitriles is 1. The Labute approximate surface area is 78.8 Å². The van der Waals surface area contributed by atoms with Gasteiger partial charge in [-0.05, 0) is 0 Å². The second kappa shape index (κ2) is 3.30. The predicted molar refractivity (Wildman–Crippen MR) is 48.4 cm³/mol. The largest absolute Gasteiger partial charge is 0.339 e. The van der Waals surface area contributed by atoms with Gasteiger partial charge in [0.25, 0.3) is 5.56 Å². The molecule has 6 heteroatoms. The lowest BCUT2D eigenvalue weighted by Crippen LogP contribution is -2.20. The number of nitrogens with one attached hydrogen (secondary N) is 1. The molecule has 0 aliphatic carbocycles. The van der Waals surface area contributed by atoms with E-state index in [9.17, 15) is 4.79 Å². The molecule has 0 aliphatic rings. The molecule has 0 fully saturated rings. The third-order valence-electron chi connectivity index (χ3n) is 1.88. The van der Waals surface area contributed by atoms with Gasteiger partial charge in [-0.3, -0.25) is 9.36 Å². The van der Waals surface area contributed by atoms with E-state index in [4.69, 9.17) is 5.26 Å². The van der Waals surface area contributed by atoms with Crippen molar-refractivity contribution >= 4 is 11.2 Å². The molecule has 1 N–H and O–H groups in total. The number of fused-ring (bicyclic) bond motifs is 1. The summed E-state index contributed by atoms with van der Waals surface area (Å²) in [6.07, 6.45) is 3.12. The maximum Gasteiger partial charge on any atom is 0.279 e. The molecule has 0 saturated carbocycles. The first-order valence-electron chi connectivity index (χ1n) is 4.08. The van der Waals surface area contributed by atoms with Crippen LogP contribution in [-0.4, -0.2) is 19.5 Å². The van der Waals surface area contributed by atoms with Crippen molar-refractivity contribution in [3.8, 4) is 6.07 Å². The zero-order valence-electron chi connectivity index (χ0n) is 7.27. The van der Waals surface area contributed by atoms with Crippen molar-refractivity contribution < 1.29 is 0 Å². The van der Waals surface area contributed by atoms with Gasteiger partial charge in [-0.25, -0.2) is 9.97 Å². The van der Waals surface area contributed by atoms with E-state index in [1.54, 1.807) is 0 Å². The normalized spacial score (nSPS) is 10.2. The van der Waals surface area contributed by atoms with E-state index in [0.717, 1.165) is 0 Å². The second-order valence-electron chi connectivity index (χ2n) is 2.75. The van der Waals surface area contributed by atoms with Crippen LogP contribution in [0.3, 0.4) is 0 Å². The summed E-state index contributed by atoms with van der Waals surface area (Å²) >= 11 is 0. The fourth-order valence-electron chi connectivity index (χ4n) is 1.19. The van der Waals surface area contributed by atoms with Crippen LogP contribution in [0.1, 0.15) is 6.42 Å². The SMILES string of the molecule is N#CCCn1cnc2nc[nH]c2c1=O. The summed E-state index contributed by atoms with van der Waals surface area (Å²) in [6.45, 7) is 0.358. The molecule has 0 spiro atoms. The van der Waals surface area contributed by atoms with Gasteiger partial charge in [-0.15, -0.1) is 0 Å². The average molecular weight is 189 g/mol. The van der Waals surface area contributed by atoms with Gasteiger partial charge in [0.15, 0.2) is 11.2 Å². The maximum atomic E-state index is 11.6. The van der Waals surface area contributed by atoms with Crippen LogP contribution in [0.4, 0.5) is 0 Å². The third kappa shape index (κ3) is 1.25. The number of imidazole rings is 1. The maximum absolute atomic E-state index is 11.6. The van der Waals surface area contributed by atoms with E-state index in [1.165, 1.54) is 17.2 Å². The second-order valence-corrected chi connectivity index (χ2v) is 2.75. The van der Waals surface area contributed by atoms with Crippen molar-refractivity contribution in [1.29, 1.82) is 5.26 Å². The van der Waals surface area contributed by atoms with Gasteiger partial charge in [-0.2, -0.15) is 5.26 Å². The van der Waals surface area contributed by atoms with E-state index in [-0.39, 0.29) is 5.56 Å². The van der Waals surface area contributed by atoms with E-state index in [2.05, 4.69) is 15.0 Å². The van der Waals surface area contributed by atoms with Crippen molar-refractivity contribution in [3.05, 3.63) is 23.0 Å². The minimum Gasteiger partial charge on any atom is -0.339 e. The molecule has 0 aromatic carbocycles. The Morgan fingerprint density at radius 2 is 2.43 bits per heavy atom. The standard InChI is InChI=1S/C8H7N5O/c9-2-1-3-13-5-12-7-6(8(13)14)10-4-11-7/h4-5H,1,3H2,(H,10,11). The quantitative estimate of drug-likeness (QED) is 0.722. The predicted octanol–water partition coefficient (Wildman–Crippen LogP) is 0.0333. The number of nitrogens with zero attached hydrogens (tertiary/aromatic N) is 4. The topological polar surface area (TPSA) is 87.4 Å². The molecular formula is C8H7N5O. The molecule has 0 bridgehead atoms. The third-order valence-corrected chi connectivity index (χ3v) is 1.88. The van der Waals surface area contributed by atoms with Gasteiger partial charge in [0.2, 0.25) is 0 Å². The van der Waals surface area contributed by atoms with Crippen molar-refractivity contribution in [1.82, 2.24) is 19.5 Å². The zero-order valence-corrected chi connectivity index (χ0v) is 7.27. The van der Waals surface area contributed by atoms with Crippen LogP contribution < -0.4 is 5.56 Å². The molecule has 0 radical (unpaired) electrons. The van der Waals surface area contributed by atoms with Crippen LogP contribution in [0.5, 0.6) is 0 Å². The van der Waals surface area contributed by atoms with Gasteiger partial charge < -0.3 is 4.98 Å². The summed E-state index contributed by atoms with van der Waals surface area (Å²) in [5.74, 6) is 0. The molecule has 2 heterocycles. The highest BCUT2D eigenvalue weighted by molar-refractivity contribution is 5.67. The fraction of sp³-hybridized carbons (Fsp3) is 0.250. The first-order valence-corrected chi connectivity index (χ1v) is 4.08. The Kier molecular flexibility index (Phi) is 1.99. The smallest absolute Gasteiger partial charge is 0.279 e. The lowest BCUT2D eigenvalue weighted by molar-refractivity contribution is 0.677. The van der Waals surface area contributed by atoms with E-state index < -0.39 is 0 Å². The van der Waals surface area contributed by atoms with Crippen LogP contribution in [-0.2, 0) is 6.54 Å². The van der Waals surface area contributed by atoms with Crippen molar-refractivity contribution in [2.75, 3.05) is 0 Å². The van der Waals surface area contributed by atoms with E-state index >= 15 is 0 Å². The molecule has 0 unspecified atom stereocenters. The molecule has 14 heavy (non-hydrogen) atoms. The van der Waals surface area contributed by atoms with Crippen molar-refractivity contribution in [2.24, 2.45) is 0 Å². The molecule has 0 amide bonds. The summed E-state index contributed by atoms with van der Waals surface area (Å²) in [5, 5.41) is 8.39. The molecule has 0 aliphatic heterocycles. The Balaban J connectivity index is 2.52. The Morgan fingerprint density at radius 3 is 3.21 bits per heavy atom. The van der Waals surface area contributed by atoms with Gasteiger partial charge in [0.1, 0.15) is 6.33 Å². The van der Waals surface area contributed by atoms with Crippen LogP contribution in [0, 0.1) is 11.3 Å². The van der Waals surface area contributed by atoms with Crippen LogP contribution in [0.15, 0.2) is 17.4 Å². The minimum atomic E-state index is -0.192. The highest BCUT2D eigenvalue weighted by Crippen LogP contribution is 1.97. The number of hydrogen-bond acceptors (Lipinski definition) is 4.